The number of amides is 1. The van der Waals surface area contributed by atoms with Gasteiger partial charge in [0.05, 0.1) is 0 Å². The van der Waals surface area contributed by atoms with Crippen molar-refractivity contribution in [1.29, 1.82) is 0 Å². The van der Waals surface area contributed by atoms with E-state index in [1.54, 1.807) is 11.9 Å². The maximum atomic E-state index is 12.8. The van der Waals surface area contributed by atoms with E-state index in [1.165, 1.54) is 24.3 Å². The van der Waals surface area contributed by atoms with Crippen LogP contribution in [-0.4, -0.2) is 62.0 Å². The first kappa shape index (κ1) is 14.0. The maximum absolute atomic E-state index is 12.8. The van der Waals surface area contributed by atoms with Gasteiger partial charge in [-0.2, -0.15) is 0 Å². The normalized spacial score (nSPS) is 16.3. The summed E-state index contributed by atoms with van der Waals surface area (Å²) < 4.78 is 12.8. The summed E-state index contributed by atoms with van der Waals surface area (Å²) in [7, 11) is 1.79. The Kier molecular flexibility index (Phi) is 4.87. The number of likely N-dealkylation sites (N-methyl/N-ethyl adjacent to an activating group) is 1. The van der Waals surface area contributed by atoms with Crippen LogP contribution in [-0.2, 0) is 0 Å². The first-order valence-electron chi connectivity index (χ1n) is 6.61. The van der Waals surface area contributed by atoms with Gasteiger partial charge in [0.2, 0.25) is 0 Å². The van der Waals surface area contributed by atoms with Crippen LogP contribution < -0.4 is 5.32 Å². The van der Waals surface area contributed by atoms with E-state index in [4.69, 9.17) is 0 Å². The minimum absolute atomic E-state index is 0.0601. The molecule has 4 nitrogen and oxygen atoms in total. The van der Waals surface area contributed by atoms with Gasteiger partial charge in [0.1, 0.15) is 5.82 Å². The van der Waals surface area contributed by atoms with Crippen LogP contribution in [0.3, 0.4) is 0 Å². The van der Waals surface area contributed by atoms with Gasteiger partial charge in [-0.3, -0.25) is 9.69 Å². The lowest BCUT2D eigenvalue weighted by molar-refractivity contribution is 0.0775. The molecule has 1 fully saturated rings. The van der Waals surface area contributed by atoms with Gasteiger partial charge < -0.3 is 10.2 Å². The Balaban J connectivity index is 1.83. The molecular formula is C14H20FN3O. The van der Waals surface area contributed by atoms with E-state index in [9.17, 15) is 9.18 Å². The van der Waals surface area contributed by atoms with E-state index in [0.717, 1.165) is 32.7 Å². The van der Waals surface area contributed by atoms with Crippen LogP contribution in [0.15, 0.2) is 24.3 Å². The molecule has 1 saturated heterocycles. The number of carbonyl (C=O) groups excluding carboxylic acids is 1. The Morgan fingerprint density at radius 3 is 2.58 bits per heavy atom. The molecule has 1 aromatic carbocycles. The van der Waals surface area contributed by atoms with Crippen molar-refractivity contribution in [3.63, 3.8) is 0 Å². The second kappa shape index (κ2) is 6.63. The second-order valence-electron chi connectivity index (χ2n) is 4.83. The van der Waals surface area contributed by atoms with E-state index in [-0.39, 0.29) is 11.7 Å². The van der Waals surface area contributed by atoms with Crippen molar-refractivity contribution in [3.05, 3.63) is 35.6 Å². The molecule has 0 unspecified atom stereocenters. The van der Waals surface area contributed by atoms with Crippen molar-refractivity contribution in [3.8, 4) is 0 Å². The molecule has 1 aromatic rings. The average molecular weight is 265 g/mol. The van der Waals surface area contributed by atoms with Gasteiger partial charge >= 0.3 is 0 Å². The Morgan fingerprint density at radius 1 is 1.32 bits per heavy atom. The Bertz CT molecular complexity index is 415. The van der Waals surface area contributed by atoms with Gasteiger partial charge in [-0.05, 0) is 24.3 Å². The zero-order valence-corrected chi connectivity index (χ0v) is 11.2. The maximum Gasteiger partial charge on any atom is 0.253 e. The van der Waals surface area contributed by atoms with Crippen molar-refractivity contribution >= 4 is 5.91 Å². The molecule has 0 saturated carbocycles. The van der Waals surface area contributed by atoms with Gasteiger partial charge in [0.25, 0.3) is 5.91 Å². The molecular weight excluding hydrogens is 245 g/mol. The molecule has 104 valence electrons. The summed E-state index contributed by atoms with van der Waals surface area (Å²) in [4.78, 5) is 16.1. The predicted octanol–water partition coefficient (Wildman–Crippen LogP) is 0.803. The van der Waals surface area contributed by atoms with E-state index in [2.05, 4.69) is 10.2 Å². The Labute approximate surface area is 113 Å². The summed E-state index contributed by atoms with van der Waals surface area (Å²) in [5.74, 6) is -0.379. The van der Waals surface area contributed by atoms with Gasteiger partial charge in [0.15, 0.2) is 0 Å². The Hall–Kier alpha value is -1.46. The van der Waals surface area contributed by atoms with E-state index >= 15 is 0 Å². The molecule has 0 bridgehead atoms. The lowest BCUT2D eigenvalue weighted by Gasteiger charge is -2.29. The zero-order chi connectivity index (χ0) is 13.7. The largest absolute Gasteiger partial charge is 0.340 e. The number of hydrogen-bond donors (Lipinski definition) is 1. The summed E-state index contributed by atoms with van der Waals surface area (Å²) >= 11 is 0. The number of piperazine rings is 1. The van der Waals surface area contributed by atoms with Gasteiger partial charge in [-0.1, -0.05) is 0 Å². The first-order chi connectivity index (χ1) is 9.16. The summed E-state index contributed by atoms with van der Waals surface area (Å²) in [5, 5.41) is 3.30. The molecule has 0 aliphatic carbocycles. The third-order valence-corrected chi connectivity index (χ3v) is 3.40. The number of nitrogens with one attached hydrogen (secondary N) is 1. The minimum atomic E-state index is -0.319. The lowest BCUT2D eigenvalue weighted by Crippen LogP contribution is -2.46. The van der Waals surface area contributed by atoms with Crippen molar-refractivity contribution in [1.82, 2.24) is 15.1 Å². The number of carbonyl (C=O) groups is 1. The predicted molar refractivity (Wildman–Crippen MR) is 72.7 cm³/mol. The summed E-state index contributed by atoms with van der Waals surface area (Å²) in [5.41, 5.74) is 0.532. The highest BCUT2D eigenvalue weighted by molar-refractivity contribution is 5.93. The van der Waals surface area contributed by atoms with Gasteiger partial charge in [-0.25, -0.2) is 4.39 Å². The lowest BCUT2D eigenvalue weighted by atomic mass is 10.2. The smallest absolute Gasteiger partial charge is 0.253 e. The van der Waals surface area contributed by atoms with Crippen molar-refractivity contribution in [2.45, 2.75) is 0 Å². The molecule has 0 aromatic heterocycles. The molecule has 2 rings (SSSR count). The fourth-order valence-corrected chi connectivity index (χ4v) is 2.14. The number of nitrogens with zero attached hydrogens (tertiary/aromatic N) is 2. The third-order valence-electron chi connectivity index (χ3n) is 3.40. The minimum Gasteiger partial charge on any atom is -0.340 e. The van der Waals surface area contributed by atoms with Crippen molar-refractivity contribution < 1.29 is 9.18 Å². The summed E-state index contributed by atoms with van der Waals surface area (Å²) in [6.45, 7) is 5.64. The molecule has 0 radical (unpaired) electrons. The van der Waals surface area contributed by atoms with Crippen LogP contribution in [0, 0.1) is 5.82 Å². The highest BCUT2D eigenvalue weighted by Crippen LogP contribution is 2.06. The van der Waals surface area contributed by atoms with E-state index in [0.29, 0.717) is 12.1 Å². The summed E-state index contributed by atoms with van der Waals surface area (Å²) in [6, 6.07) is 5.69. The van der Waals surface area contributed by atoms with E-state index < -0.39 is 0 Å². The second-order valence-corrected chi connectivity index (χ2v) is 4.83. The van der Waals surface area contributed by atoms with Crippen LogP contribution in [0.5, 0.6) is 0 Å². The molecule has 1 aliphatic rings. The molecule has 1 aliphatic heterocycles. The summed E-state index contributed by atoms with van der Waals surface area (Å²) in [6.07, 6.45) is 0. The quantitative estimate of drug-likeness (QED) is 0.875. The van der Waals surface area contributed by atoms with Gasteiger partial charge in [0, 0.05) is 51.9 Å². The highest BCUT2D eigenvalue weighted by atomic mass is 19.1. The standard InChI is InChI=1S/C14H20FN3O/c1-17(10-11-18-8-6-16-7-9-18)14(19)12-2-4-13(15)5-3-12/h2-5,16H,6-11H2,1H3. The van der Waals surface area contributed by atoms with Crippen LogP contribution in [0.1, 0.15) is 10.4 Å². The average Bonchev–Trinajstić information content (AvgIpc) is 2.46. The fourth-order valence-electron chi connectivity index (χ4n) is 2.14. The topological polar surface area (TPSA) is 35.6 Å². The molecule has 1 heterocycles. The van der Waals surface area contributed by atoms with Gasteiger partial charge in [-0.15, -0.1) is 0 Å². The highest BCUT2D eigenvalue weighted by Gasteiger charge is 2.14. The van der Waals surface area contributed by atoms with Crippen LogP contribution in [0.4, 0.5) is 4.39 Å². The molecule has 1 amide bonds. The zero-order valence-electron chi connectivity index (χ0n) is 11.2. The number of rotatable bonds is 4. The van der Waals surface area contributed by atoms with Crippen molar-refractivity contribution in [2.24, 2.45) is 0 Å². The van der Waals surface area contributed by atoms with Crippen LogP contribution >= 0.6 is 0 Å². The number of hydrogen-bond acceptors (Lipinski definition) is 3. The number of benzene rings is 1. The van der Waals surface area contributed by atoms with Crippen molar-refractivity contribution in [2.75, 3.05) is 46.3 Å². The third kappa shape index (κ3) is 4.01. The van der Waals surface area contributed by atoms with Crippen LogP contribution in [0.25, 0.3) is 0 Å². The monoisotopic (exact) mass is 265 g/mol. The molecule has 19 heavy (non-hydrogen) atoms. The SMILES string of the molecule is CN(CCN1CCNCC1)C(=O)c1ccc(F)cc1. The first-order valence-corrected chi connectivity index (χ1v) is 6.61. The molecule has 0 spiro atoms. The molecule has 5 heteroatoms. The van der Waals surface area contributed by atoms with Crippen LogP contribution in [0.2, 0.25) is 0 Å². The van der Waals surface area contributed by atoms with E-state index in [1.807, 2.05) is 0 Å². The molecule has 1 N–H and O–H groups in total. The molecule has 0 atom stereocenters. The Morgan fingerprint density at radius 2 is 1.95 bits per heavy atom. The number of halogens is 1. The fraction of sp³-hybridized carbons (Fsp3) is 0.500.